The molecule has 0 atom stereocenters. The van der Waals surface area contributed by atoms with Gasteiger partial charge in [0.05, 0.1) is 6.26 Å². The smallest absolute Gasteiger partial charge is 0.370 e. The lowest BCUT2D eigenvalue weighted by Crippen LogP contribution is -2.73. The van der Waals surface area contributed by atoms with Crippen molar-refractivity contribution in [1.82, 2.24) is 4.31 Å². The molecule has 1 spiro atoms. The summed E-state index contributed by atoms with van der Waals surface area (Å²) in [4.78, 5) is 2.08. The molecule has 5 nitrogen and oxygen atoms in total. The zero-order valence-corrected chi connectivity index (χ0v) is 19.9. The molecule has 2 fully saturated rings. The summed E-state index contributed by atoms with van der Waals surface area (Å²) < 4.78 is 104. The summed E-state index contributed by atoms with van der Waals surface area (Å²) in [7, 11) is -3.23. The maximum atomic E-state index is 13.3. The van der Waals surface area contributed by atoms with E-state index in [4.69, 9.17) is 0 Å². The highest BCUT2D eigenvalue weighted by atomic mass is 32.2. The minimum Gasteiger partial charge on any atom is -0.370 e. The number of rotatable bonds is 4. The van der Waals surface area contributed by atoms with Gasteiger partial charge in [0.15, 0.2) is 0 Å². The molecule has 2 aromatic rings. The van der Waals surface area contributed by atoms with Gasteiger partial charge in [0.25, 0.3) is 5.60 Å². The summed E-state index contributed by atoms with van der Waals surface area (Å²) in [6.07, 6.45) is -10.7. The molecule has 0 aromatic heterocycles. The summed E-state index contributed by atoms with van der Waals surface area (Å²) in [6.45, 7) is 5.39. The van der Waals surface area contributed by atoms with E-state index in [2.05, 4.69) is 4.90 Å². The number of aryl methyl sites for hydroxylation is 1. The molecule has 0 saturated carbocycles. The van der Waals surface area contributed by atoms with E-state index >= 15 is 0 Å². The SMILES string of the molecule is Cc1cc(C(O)(C(F)(F)F)C(F)(F)F)ccc1-c1cccc(N2CC3(C2)CN(S(C)(=O)=O)C3)c1C. The number of anilines is 1. The van der Waals surface area contributed by atoms with Crippen molar-refractivity contribution >= 4 is 15.7 Å². The molecule has 2 aliphatic heterocycles. The Morgan fingerprint density at radius 2 is 1.46 bits per heavy atom. The average Bonchev–Trinajstić information content (AvgIpc) is 2.63. The fraction of sp³-hybridized carbons (Fsp3) is 0.478. The van der Waals surface area contributed by atoms with Crippen molar-refractivity contribution in [1.29, 1.82) is 0 Å². The Kier molecular flexibility index (Phi) is 5.78. The van der Waals surface area contributed by atoms with Crippen LogP contribution >= 0.6 is 0 Å². The van der Waals surface area contributed by atoms with Gasteiger partial charge in [-0.2, -0.15) is 26.3 Å². The van der Waals surface area contributed by atoms with Crippen LogP contribution in [0.5, 0.6) is 0 Å². The van der Waals surface area contributed by atoms with E-state index in [1.54, 1.807) is 12.1 Å². The number of benzene rings is 2. The number of hydrogen-bond donors (Lipinski definition) is 1. The second-order valence-corrected chi connectivity index (χ2v) is 11.6. The van der Waals surface area contributed by atoms with Crippen LogP contribution in [-0.4, -0.2) is 62.6 Å². The standard InChI is InChI=1S/C23H24F6N2O3S/c1-14-9-16(21(32,22(24,25)26)23(27,28)29)7-8-17(14)18-5-4-6-19(15(18)2)30-10-20(11-30)12-31(13-20)35(3,33)34/h4-9,32H,10-13H2,1-3H3. The summed E-state index contributed by atoms with van der Waals surface area (Å²) in [5.74, 6) is 0. The fourth-order valence-corrected chi connectivity index (χ4v) is 6.02. The van der Waals surface area contributed by atoms with Crippen molar-refractivity contribution in [3.8, 4) is 11.1 Å². The van der Waals surface area contributed by atoms with Crippen molar-refractivity contribution in [3.63, 3.8) is 0 Å². The molecule has 2 heterocycles. The predicted molar refractivity (Wildman–Crippen MR) is 118 cm³/mol. The Morgan fingerprint density at radius 3 is 1.94 bits per heavy atom. The van der Waals surface area contributed by atoms with Gasteiger partial charge >= 0.3 is 12.4 Å². The van der Waals surface area contributed by atoms with Gasteiger partial charge in [-0.1, -0.05) is 30.3 Å². The molecular formula is C23H24F6N2O3S. The number of halogens is 6. The van der Waals surface area contributed by atoms with E-state index in [1.807, 2.05) is 13.0 Å². The van der Waals surface area contributed by atoms with Crippen molar-refractivity contribution in [2.24, 2.45) is 5.41 Å². The predicted octanol–water partition coefficient (Wildman–Crippen LogP) is 4.36. The molecule has 0 unspecified atom stereocenters. The first-order valence-electron chi connectivity index (χ1n) is 10.7. The van der Waals surface area contributed by atoms with Gasteiger partial charge in [-0.25, -0.2) is 12.7 Å². The van der Waals surface area contributed by atoms with E-state index in [-0.39, 0.29) is 11.0 Å². The third-order valence-electron chi connectivity index (χ3n) is 6.95. The van der Waals surface area contributed by atoms with Crippen LogP contribution < -0.4 is 4.90 Å². The minimum absolute atomic E-state index is 0.108. The zero-order valence-electron chi connectivity index (χ0n) is 19.1. The van der Waals surface area contributed by atoms with Gasteiger partial charge in [0, 0.05) is 42.8 Å². The van der Waals surface area contributed by atoms with Crippen LogP contribution in [0.25, 0.3) is 11.1 Å². The first kappa shape index (κ1) is 25.8. The maximum Gasteiger partial charge on any atom is 0.430 e. The molecule has 12 heteroatoms. The topological polar surface area (TPSA) is 60.9 Å². The van der Waals surface area contributed by atoms with Gasteiger partial charge in [-0.15, -0.1) is 0 Å². The zero-order chi connectivity index (χ0) is 26.2. The molecule has 0 amide bonds. The van der Waals surface area contributed by atoms with E-state index < -0.39 is 33.5 Å². The normalized spacial score (nSPS) is 19.0. The van der Waals surface area contributed by atoms with Crippen LogP contribution in [-0.2, 0) is 15.6 Å². The van der Waals surface area contributed by atoms with Crippen LogP contribution in [0, 0.1) is 19.3 Å². The third kappa shape index (κ3) is 4.09. The van der Waals surface area contributed by atoms with E-state index in [9.17, 15) is 39.9 Å². The summed E-state index contributed by atoms with van der Waals surface area (Å²) >= 11 is 0. The second kappa shape index (κ2) is 7.84. The second-order valence-electron chi connectivity index (χ2n) is 9.57. The van der Waals surface area contributed by atoms with Crippen molar-refractivity contribution in [3.05, 3.63) is 53.1 Å². The van der Waals surface area contributed by atoms with Crippen LogP contribution in [0.2, 0.25) is 0 Å². The number of hydrogen-bond acceptors (Lipinski definition) is 4. The van der Waals surface area contributed by atoms with Crippen LogP contribution in [0.4, 0.5) is 32.0 Å². The molecular weight excluding hydrogens is 498 g/mol. The molecule has 0 bridgehead atoms. The molecule has 1 N–H and O–H groups in total. The lowest BCUT2D eigenvalue weighted by atomic mass is 9.74. The molecule has 35 heavy (non-hydrogen) atoms. The Bertz CT molecular complexity index is 1240. The lowest BCUT2D eigenvalue weighted by Gasteiger charge is -2.60. The first-order valence-corrected chi connectivity index (χ1v) is 12.5. The van der Waals surface area contributed by atoms with E-state index in [0.717, 1.165) is 23.4 Å². The Morgan fingerprint density at radius 1 is 0.886 bits per heavy atom. The van der Waals surface area contributed by atoms with E-state index in [1.165, 1.54) is 17.5 Å². The Balaban J connectivity index is 1.61. The largest absolute Gasteiger partial charge is 0.430 e. The van der Waals surface area contributed by atoms with Crippen LogP contribution in [0.1, 0.15) is 16.7 Å². The van der Waals surface area contributed by atoms with Gasteiger partial charge in [0.2, 0.25) is 10.0 Å². The Labute approximate surface area is 199 Å². The molecule has 2 aromatic carbocycles. The molecule has 2 aliphatic rings. The molecule has 192 valence electrons. The average molecular weight is 523 g/mol. The number of aliphatic hydroxyl groups is 1. The Hall–Kier alpha value is -2.31. The highest BCUT2D eigenvalue weighted by Crippen LogP contribution is 2.51. The van der Waals surface area contributed by atoms with Gasteiger partial charge < -0.3 is 10.0 Å². The third-order valence-corrected chi connectivity index (χ3v) is 8.14. The summed E-state index contributed by atoms with van der Waals surface area (Å²) in [6, 6.07) is 7.88. The number of nitrogens with zero attached hydrogens (tertiary/aromatic N) is 2. The van der Waals surface area contributed by atoms with Crippen LogP contribution in [0.3, 0.4) is 0 Å². The maximum absolute atomic E-state index is 13.3. The van der Waals surface area contributed by atoms with Crippen molar-refractivity contribution in [2.45, 2.75) is 31.8 Å². The number of alkyl halides is 6. The highest BCUT2D eigenvalue weighted by Gasteiger charge is 2.71. The summed E-state index contributed by atoms with van der Waals surface area (Å²) in [5.41, 5.74) is -3.49. The molecule has 2 saturated heterocycles. The molecule has 4 rings (SSSR count). The monoisotopic (exact) mass is 522 g/mol. The van der Waals surface area contributed by atoms with Crippen molar-refractivity contribution in [2.75, 3.05) is 37.3 Å². The molecule has 0 aliphatic carbocycles. The highest BCUT2D eigenvalue weighted by molar-refractivity contribution is 7.88. The summed E-state index contributed by atoms with van der Waals surface area (Å²) in [5, 5.41) is 9.70. The lowest BCUT2D eigenvalue weighted by molar-refractivity contribution is -0.376. The van der Waals surface area contributed by atoms with Gasteiger partial charge in [-0.05, 0) is 42.2 Å². The molecule has 0 radical (unpaired) electrons. The minimum atomic E-state index is -5.95. The van der Waals surface area contributed by atoms with Crippen LogP contribution in [0.15, 0.2) is 36.4 Å². The van der Waals surface area contributed by atoms with Crippen molar-refractivity contribution < 1.29 is 39.9 Å². The van der Waals surface area contributed by atoms with E-state index in [0.29, 0.717) is 43.4 Å². The quantitative estimate of drug-likeness (QED) is 0.607. The van der Waals surface area contributed by atoms with Gasteiger partial charge in [0.1, 0.15) is 0 Å². The first-order chi connectivity index (χ1) is 15.9. The fourth-order valence-electron chi connectivity index (χ4n) is 5.01. The van der Waals surface area contributed by atoms with Gasteiger partial charge in [-0.3, -0.25) is 0 Å². The number of sulfonamides is 1.